The summed E-state index contributed by atoms with van der Waals surface area (Å²) in [6.07, 6.45) is 3.75. The molecule has 0 amide bonds. The molecule has 0 bridgehead atoms. The molecule has 0 spiro atoms. The van der Waals surface area contributed by atoms with Crippen molar-refractivity contribution in [2.24, 2.45) is 0 Å². The van der Waals surface area contributed by atoms with E-state index >= 15 is 0 Å². The van der Waals surface area contributed by atoms with Crippen LogP contribution in [0.3, 0.4) is 0 Å². The van der Waals surface area contributed by atoms with Crippen LogP contribution < -0.4 is 5.32 Å². The van der Waals surface area contributed by atoms with Crippen molar-refractivity contribution in [1.29, 1.82) is 0 Å². The molecule has 0 aliphatic carbocycles. The third-order valence-corrected chi connectivity index (χ3v) is 1.91. The maximum atomic E-state index is 9.39. The molecular weight excluding hydrogens is 126 g/mol. The van der Waals surface area contributed by atoms with Crippen molar-refractivity contribution >= 4 is 0 Å². The minimum atomic E-state index is -0.193. The van der Waals surface area contributed by atoms with E-state index in [4.69, 9.17) is 0 Å². The van der Waals surface area contributed by atoms with Gasteiger partial charge in [0.25, 0.3) is 0 Å². The molecule has 0 aromatic carbocycles. The third kappa shape index (κ3) is 1.82. The van der Waals surface area contributed by atoms with E-state index in [1.165, 1.54) is 5.57 Å². The molecule has 0 radical (unpaired) electrons. The van der Waals surface area contributed by atoms with Gasteiger partial charge in [0.2, 0.25) is 0 Å². The van der Waals surface area contributed by atoms with Crippen LogP contribution in [0.1, 0.15) is 19.8 Å². The summed E-state index contributed by atoms with van der Waals surface area (Å²) in [6.45, 7) is 3.95. The van der Waals surface area contributed by atoms with Gasteiger partial charge in [-0.15, -0.1) is 0 Å². The van der Waals surface area contributed by atoms with Gasteiger partial charge >= 0.3 is 0 Å². The van der Waals surface area contributed by atoms with E-state index in [9.17, 15) is 5.11 Å². The third-order valence-electron chi connectivity index (χ3n) is 1.91. The van der Waals surface area contributed by atoms with Crippen molar-refractivity contribution in [1.82, 2.24) is 5.32 Å². The highest BCUT2D eigenvalue weighted by molar-refractivity contribution is 5.11. The molecule has 10 heavy (non-hydrogen) atoms. The lowest BCUT2D eigenvalue weighted by Crippen LogP contribution is -2.24. The highest BCUT2D eigenvalue weighted by Gasteiger charge is 2.09. The Hall–Kier alpha value is -0.340. The van der Waals surface area contributed by atoms with Crippen molar-refractivity contribution in [3.63, 3.8) is 0 Å². The Bertz CT molecular complexity index is 131. The first-order chi connectivity index (χ1) is 4.84. The van der Waals surface area contributed by atoms with E-state index in [1.807, 2.05) is 6.92 Å². The fourth-order valence-corrected chi connectivity index (χ4v) is 1.20. The van der Waals surface area contributed by atoms with Crippen LogP contribution in [0, 0.1) is 0 Å². The van der Waals surface area contributed by atoms with Crippen LogP contribution in [0.25, 0.3) is 0 Å². The zero-order chi connectivity index (χ0) is 7.40. The van der Waals surface area contributed by atoms with Crippen LogP contribution in [0.2, 0.25) is 0 Å². The first kappa shape index (κ1) is 7.76. The van der Waals surface area contributed by atoms with Gasteiger partial charge in [0, 0.05) is 6.54 Å². The lowest BCUT2D eigenvalue weighted by molar-refractivity contribution is 0.200. The van der Waals surface area contributed by atoms with E-state index in [1.54, 1.807) is 0 Å². The van der Waals surface area contributed by atoms with Crippen LogP contribution >= 0.6 is 0 Å². The van der Waals surface area contributed by atoms with E-state index in [0.29, 0.717) is 0 Å². The van der Waals surface area contributed by atoms with Crippen molar-refractivity contribution in [2.45, 2.75) is 25.9 Å². The molecular formula is C8H15NO. The molecule has 2 heteroatoms. The Morgan fingerprint density at radius 1 is 1.80 bits per heavy atom. The zero-order valence-electron chi connectivity index (χ0n) is 6.43. The first-order valence-electron chi connectivity index (χ1n) is 3.92. The Kier molecular flexibility index (Phi) is 2.90. The normalized spacial score (nSPS) is 22.0. The van der Waals surface area contributed by atoms with Gasteiger partial charge in [-0.2, -0.15) is 0 Å². The van der Waals surface area contributed by atoms with Gasteiger partial charge in [-0.05, 0) is 25.0 Å². The van der Waals surface area contributed by atoms with Crippen LogP contribution in [0.5, 0.6) is 0 Å². The molecule has 1 heterocycles. The molecule has 1 rings (SSSR count). The summed E-state index contributed by atoms with van der Waals surface area (Å²) in [5.74, 6) is 0. The van der Waals surface area contributed by atoms with Gasteiger partial charge in [0.15, 0.2) is 0 Å². The first-order valence-corrected chi connectivity index (χ1v) is 3.92. The Morgan fingerprint density at radius 3 is 3.10 bits per heavy atom. The van der Waals surface area contributed by atoms with E-state index in [-0.39, 0.29) is 6.10 Å². The van der Waals surface area contributed by atoms with Crippen molar-refractivity contribution in [2.75, 3.05) is 13.1 Å². The average molecular weight is 141 g/mol. The SMILES string of the molecule is CCC(O)C1=CCNCC1. The van der Waals surface area contributed by atoms with Gasteiger partial charge in [-0.3, -0.25) is 0 Å². The molecule has 1 unspecified atom stereocenters. The molecule has 2 nitrogen and oxygen atoms in total. The summed E-state index contributed by atoms with van der Waals surface area (Å²) in [4.78, 5) is 0. The molecule has 2 N–H and O–H groups in total. The van der Waals surface area contributed by atoms with Crippen LogP contribution in [-0.2, 0) is 0 Å². The Balaban J connectivity index is 2.44. The lowest BCUT2D eigenvalue weighted by Gasteiger charge is -2.17. The van der Waals surface area contributed by atoms with Crippen LogP contribution in [0.4, 0.5) is 0 Å². The molecule has 1 aliphatic rings. The van der Waals surface area contributed by atoms with E-state index < -0.39 is 0 Å². The quantitative estimate of drug-likeness (QED) is 0.554. The van der Waals surface area contributed by atoms with Crippen molar-refractivity contribution in [3.8, 4) is 0 Å². The van der Waals surface area contributed by atoms with Gasteiger partial charge in [-0.25, -0.2) is 0 Å². The number of hydrogen-bond acceptors (Lipinski definition) is 2. The van der Waals surface area contributed by atoms with Crippen molar-refractivity contribution < 1.29 is 5.11 Å². The predicted molar refractivity (Wildman–Crippen MR) is 41.9 cm³/mol. The highest BCUT2D eigenvalue weighted by Crippen LogP contribution is 2.11. The van der Waals surface area contributed by atoms with Crippen LogP contribution in [0.15, 0.2) is 11.6 Å². The predicted octanol–water partition coefficient (Wildman–Crippen LogP) is 0.677. The minimum absolute atomic E-state index is 0.193. The summed E-state index contributed by atoms with van der Waals surface area (Å²) in [5.41, 5.74) is 1.21. The van der Waals surface area contributed by atoms with Gasteiger partial charge in [-0.1, -0.05) is 13.0 Å². The fourth-order valence-electron chi connectivity index (χ4n) is 1.20. The standard InChI is InChI=1S/C8H15NO/c1-2-8(10)7-3-5-9-6-4-7/h3,8-10H,2,4-6H2,1H3. The summed E-state index contributed by atoms with van der Waals surface area (Å²) in [6, 6.07) is 0. The van der Waals surface area contributed by atoms with Crippen LogP contribution in [-0.4, -0.2) is 24.3 Å². The summed E-state index contributed by atoms with van der Waals surface area (Å²) in [5, 5.41) is 12.6. The molecule has 0 saturated carbocycles. The summed E-state index contributed by atoms with van der Waals surface area (Å²) >= 11 is 0. The molecule has 0 aromatic heterocycles. The maximum absolute atomic E-state index is 9.39. The zero-order valence-corrected chi connectivity index (χ0v) is 6.43. The molecule has 1 aliphatic heterocycles. The number of rotatable bonds is 2. The van der Waals surface area contributed by atoms with Gasteiger partial charge in [0.05, 0.1) is 6.10 Å². The molecule has 0 aromatic rings. The monoisotopic (exact) mass is 141 g/mol. The summed E-state index contributed by atoms with van der Waals surface area (Å²) in [7, 11) is 0. The Morgan fingerprint density at radius 2 is 2.60 bits per heavy atom. The molecule has 0 fully saturated rings. The number of aliphatic hydroxyl groups excluding tert-OH is 1. The topological polar surface area (TPSA) is 32.3 Å². The molecule has 1 atom stereocenters. The second-order valence-corrected chi connectivity index (χ2v) is 2.66. The maximum Gasteiger partial charge on any atom is 0.0748 e. The second kappa shape index (κ2) is 3.74. The summed E-state index contributed by atoms with van der Waals surface area (Å²) < 4.78 is 0. The number of nitrogens with one attached hydrogen (secondary N) is 1. The van der Waals surface area contributed by atoms with Gasteiger partial charge < -0.3 is 10.4 Å². The molecule has 58 valence electrons. The van der Waals surface area contributed by atoms with E-state index in [2.05, 4.69) is 11.4 Å². The number of hydrogen-bond donors (Lipinski definition) is 2. The number of aliphatic hydroxyl groups is 1. The largest absolute Gasteiger partial charge is 0.389 e. The lowest BCUT2D eigenvalue weighted by atomic mass is 10.0. The van der Waals surface area contributed by atoms with E-state index in [0.717, 1.165) is 25.9 Å². The van der Waals surface area contributed by atoms with Crippen molar-refractivity contribution in [3.05, 3.63) is 11.6 Å². The fraction of sp³-hybridized carbons (Fsp3) is 0.750. The smallest absolute Gasteiger partial charge is 0.0748 e. The Labute approximate surface area is 61.9 Å². The second-order valence-electron chi connectivity index (χ2n) is 2.66. The highest BCUT2D eigenvalue weighted by atomic mass is 16.3. The minimum Gasteiger partial charge on any atom is -0.389 e. The average Bonchev–Trinajstić information content (AvgIpc) is 2.05. The van der Waals surface area contributed by atoms with Gasteiger partial charge in [0.1, 0.15) is 0 Å². The molecule has 0 saturated heterocycles.